The molecule has 0 spiro atoms. The van der Waals surface area contributed by atoms with Gasteiger partial charge in [-0.15, -0.1) is 0 Å². The third-order valence-electron chi connectivity index (χ3n) is 2.82. The maximum Gasteiger partial charge on any atom is 0.251 e. The van der Waals surface area contributed by atoms with Gasteiger partial charge in [0.15, 0.2) is 11.6 Å². The number of hydrogen-bond acceptors (Lipinski definition) is 5. The highest BCUT2D eigenvalue weighted by Crippen LogP contribution is 2.20. The van der Waals surface area contributed by atoms with E-state index < -0.39 is 0 Å². The molecule has 1 aliphatic heterocycles. The molecular weight excluding hydrogens is 234 g/mol. The van der Waals surface area contributed by atoms with Crippen LogP contribution in [0.3, 0.4) is 0 Å². The molecule has 1 aliphatic rings. The van der Waals surface area contributed by atoms with E-state index in [0.717, 1.165) is 18.8 Å². The van der Waals surface area contributed by atoms with Crippen LogP contribution in [0, 0.1) is 6.92 Å². The predicted molar refractivity (Wildman–Crippen MR) is 66.5 cm³/mol. The maximum atomic E-state index is 11.7. The summed E-state index contributed by atoms with van der Waals surface area (Å²) in [5.41, 5.74) is 0.457. The average Bonchev–Trinajstić information content (AvgIpc) is 2.29. The van der Waals surface area contributed by atoms with Crippen molar-refractivity contribution in [3.63, 3.8) is 0 Å². The van der Waals surface area contributed by atoms with Crippen molar-refractivity contribution in [2.24, 2.45) is 0 Å². The highest BCUT2D eigenvalue weighted by molar-refractivity contribution is 5.92. The predicted octanol–water partition coefficient (Wildman–Crippen LogP) is 0.413. The summed E-state index contributed by atoms with van der Waals surface area (Å²) in [5, 5.41) is 15.2. The largest absolute Gasteiger partial charge is 0.504 e. The van der Waals surface area contributed by atoms with E-state index in [2.05, 4.69) is 15.6 Å². The second-order valence-corrected chi connectivity index (χ2v) is 4.71. The Kier molecular flexibility index (Phi) is 3.49. The van der Waals surface area contributed by atoms with Crippen LogP contribution < -0.4 is 10.6 Å². The van der Waals surface area contributed by atoms with Gasteiger partial charge in [0.1, 0.15) is 6.61 Å². The van der Waals surface area contributed by atoms with Gasteiger partial charge in [0.05, 0.1) is 5.60 Å². The highest BCUT2D eigenvalue weighted by atomic mass is 16.5. The van der Waals surface area contributed by atoms with Gasteiger partial charge in [-0.1, -0.05) is 0 Å². The van der Waals surface area contributed by atoms with E-state index in [-0.39, 0.29) is 29.7 Å². The number of carbonyl (C=O) groups is 1. The molecule has 1 aromatic rings. The van der Waals surface area contributed by atoms with E-state index >= 15 is 0 Å². The molecule has 2 heterocycles. The third-order valence-corrected chi connectivity index (χ3v) is 2.82. The van der Waals surface area contributed by atoms with E-state index in [4.69, 9.17) is 4.74 Å². The van der Waals surface area contributed by atoms with Crippen molar-refractivity contribution in [3.8, 4) is 5.75 Å². The standard InChI is InChI=1S/C12H17N3O3/c1-8-3-4-9(16)11(14-8)15-10(17)5-18-12(2)6-13-7-12/h3-4,13,16H,5-7H2,1-2H3,(H,14,15,17). The van der Waals surface area contributed by atoms with Crippen molar-refractivity contribution >= 4 is 11.7 Å². The number of aryl methyl sites for hydroxylation is 1. The minimum atomic E-state index is -0.323. The Morgan fingerprint density at radius 2 is 2.33 bits per heavy atom. The van der Waals surface area contributed by atoms with Crippen LogP contribution in [0.1, 0.15) is 12.6 Å². The molecule has 0 aliphatic carbocycles. The van der Waals surface area contributed by atoms with Gasteiger partial charge in [-0.25, -0.2) is 4.98 Å². The number of ether oxygens (including phenoxy) is 1. The maximum absolute atomic E-state index is 11.7. The van der Waals surface area contributed by atoms with Gasteiger partial charge in [0.25, 0.3) is 5.91 Å². The lowest BCUT2D eigenvalue weighted by molar-refractivity contribution is -0.130. The van der Waals surface area contributed by atoms with Crippen LogP contribution in [-0.2, 0) is 9.53 Å². The summed E-state index contributed by atoms with van der Waals surface area (Å²) < 4.78 is 5.49. The Morgan fingerprint density at radius 1 is 1.61 bits per heavy atom. The van der Waals surface area contributed by atoms with Gasteiger partial charge in [-0.05, 0) is 26.0 Å². The Labute approximate surface area is 105 Å². The number of nitrogens with one attached hydrogen (secondary N) is 2. The molecule has 98 valence electrons. The monoisotopic (exact) mass is 251 g/mol. The first-order chi connectivity index (χ1) is 8.48. The minimum Gasteiger partial charge on any atom is -0.504 e. The first-order valence-corrected chi connectivity index (χ1v) is 5.80. The van der Waals surface area contributed by atoms with Crippen molar-refractivity contribution in [3.05, 3.63) is 17.8 Å². The van der Waals surface area contributed by atoms with Gasteiger partial charge in [0, 0.05) is 18.8 Å². The van der Waals surface area contributed by atoms with Crippen molar-refractivity contribution in [1.82, 2.24) is 10.3 Å². The van der Waals surface area contributed by atoms with Gasteiger partial charge >= 0.3 is 0 Å². The van der Waals surface area contributed by atoms with E-state index in [9.17, 15) is 9.90 Å². The Balaban J connectivity index is 1.88. The normalized spacial score (nSPS) is 17.0. The molecule has 6 nitrogen and oxygen atoms in total. The molecule has 1 fully saturated rings. The summed E-state index contributed by atoms with van der Waals surface area (Å²) in [6.45, 7) is 5.17. The number of nitrogens with zero attached hydrogens (tertiary/aromatic N) is 1. The molecule has 0 aromatic carbocycles. The smallest absolute Gasteiger partial charge is 0.251 e. The minimum absolute atomic E-state index is 0.0484. The van der Waals surface area contributed by atoms with Crippen LogP contribution >= 0.6 is 0 Å². The Morgan fingerprint density at radius 3 is 2.94 bits per heavy atom. The topological polar surface area (TPSA) is 83.5 Å². The zero-order valence-corrected chi connectivity index (χ0v) is 10.5. The molecular formula is C12H17N3O3. The van der Waals surface area contributed by atoms with Crippen LogP contribution in [0.25, 0.3) is 0 Å². The lowest BCUT2D eigenvalue weighted by Crippen LogP contribution is -2.59. The summed E-state index contributed by atoms with van der Waals surface area (Å²) in [6, 6.07) is 3.17. The Bertz CT molecular complexity index is 458. The first-order valence-electron chi connectivity index (χ1n) is 5.80. The average molecular weight is 251 g/mol. The van der Waals surface area contributed by atoms with Crippen molar-refractivity contribution in [2.45, 2.75) is 19.4 Å². The summed E-state index contributed by atoms with van der Waals surface area (Å²) >= 11 is 0. The van der Waals surface area contributed by atoms with Crippen LogP contribution in [0.15, 0.2) is 12.1 Å². The molecule has 1 aromatic heterocycles. The summed E-state index contributed by atoms with van der Waals surface area (Å²) in [5.74, 6) is -0.206. The fourth-order valence-corrected chi connectivity index (χ4v) is 1.63. The molecule has 6 heteroatoms. The molecule has 0 bridgehead atoms. The van der Waals surface area contributed by atoms with E-state index in [1.165, 1.54) is 6.07 Å². The molecule has 2 rings (SSSR count). The van der Waals surface area contributed by atoms with Crippen molar-refractivity contribution in [2.75, 3.05) is 25.0 Å². The second-order valence-electron chi connectivity index (χ2n) is 4.71. The fourth-order valence-electron chi connectivity index (χ4n) is 1.63. The van der Waals surface area contributed by atoms with Crippen LogP contribution in [0.5, 0.6) is 5.75 Å². The van der Waals surface area contributed by atoms with Crippen LogP contribution in [-0.4, -0.2) is 41.3 Å². The van der Waals surface area contributed by atoms with Gasteiger partial charge in [-0.2, -0.15) is 0 Å². The molecule has 0 unspecified atom stereocenters. The van der Waals surface area contributed by atoms with Crippen LogP contribution in [0.4, 0.5) is 5.82 Å². The quantitative estimate of drug-likeness (QED) is 0.722. The summed E-state index contributed by atoms with van der Waals surface area (Å²) in [6.07, 6.45) is 0. The lowest BCUT2D eigenvalue weighted by Gasteiger charge is -2.38. The van der Waals surface area contributed by atoms with E-state index in [0.29, 0.717) is 0 Å². The second kappa shape index (κ2) is 4.91. The van der Waals surface area contributed by atoms with Crippen LogP contribution in [0.2, 0.25) is 0 Å². The molecule has 0 atom stereocenters. The number of anilines is 1. The zero-order chi connectivity index (χ0) is 13.2. The number of carbonyl (C=O) groups excluding carboxylic acids is 1. The van der Waals surface area contributed by atoms with Crippen molar-refractivity contribution in [1.29, 1.82) is 0 Å². The summed E-state index contributed by atoms with van der Waals surface area (Å²) in [4.78, 5) is 15.7. The molecule has 1 amide bonds. The lowest BCUT2D eigenvalue weighted by atomic mass is 10.0. The van der Waals surface area contributed by atoms with Gasteiger partial charge in [-0.3, -0.25) is 4.79 Å². The highest BCUT2D eigenvalue weighted by Gasteiger charge is 2.33. The first kappa shape index (κ1) is 12.8. The van der Waals surface area contributed by atoms with E-state index in [1.54, 1.807) is 13.0 Å². The molecule has 1 saturated heterocycles. The number of amides is 1. The number of aromatic hydroxyl groups is 1. The summed E-state index contributed by atoms with van der Waals surface area (Å²) in [7, 11) is 0. The fraction of sp³-hybridized carbons (Fsp3) is 0.500. The zero-order valence-electron chi connectivity index (χ0n) is 10.5. The van der Waals surface area contributed by atoms with Crippen molar-refractivity contribution < 1.29 is 14.6 Å². The molecule has 0 saturated carbocycles. The number of hydrogen-bond donors (Lipinski definition) is 3. The number of rotatable bonds is 4. The Hall–Kier alpha value is -1.66. The number of pyridine rings is 1. The number of aromatic nitrogens is 1. The molecule has 18 heavy (non-hydrogen) atoms. The van der Waals surface area contributed by atoms with Gasteiger partial charge in [0.2, 0.25) is 0 Å². The molecule has 0 radical (unpaired) electrons. The van der Waals surface area contributed by atoms with E-state index in [1.807, 2.05) is 6.92 Å². The SMILES string of the molecule is Cc1ccc(O)c(NC(=O)COC2(C)CNC2)n1. The third kappa shape index (κ3) is 2.96. The van der Waals surface area contributed by atoms with Gasteiger partial charge < -0.3 is 20.5 Å². The molecule has 3 N–H and O–H groups in total.